The highest BCUT2D eigenvalue weighted by Gasteiger charge is 2.64. The van der Waals surface area contributed by atoms with E-state index in [4.69, 9.17) is 18.9 Å². The van der Waals surface area contributed by atoms with Gasteiger partial charge in [0.15, 0.2) is 12.1 Å². The Balaban J connectivity index is 1.14. The molecule has 1 aromatic heterocycles. The molecule has 4 aliphatic carbocycles. The average molecular weight is 686 g/mol. The molecule has 7 atom stereocenters. The van der Waals surface area contributed by atoms with E-state index in [1.54, 1.807) is 0 Å². The fourth-order valence-electron chi connectivity index (χ4n) is 11.0. The SMILES string of the molecule is Cc1ccc(C)n1-c1ccc([C@H]2C[C@@]3(C)[C@@H](CC[C@@]3(O)/C=C\COC3CCCCO3)[C@@H]3CC[C@@]4(O)CC5(CCC4=C32)OCC(C)(C)CO5)cc1. The van der Waals surface area contributed by atoms with Gasteiger partial charge in [0.2, 0.25) is 0 Å². The zero-order valence-electron chi connectivity index (χ0n) is 31.0. The topological polar surface area (TPSA) is 82.3 Å². The molecule has 1 unspecified atom stereocenters. The highest BCUT2D eigenvalue weighted by Crippen LogP contribution is 2.68. The molecular formula is C43H59NO6. The maximum atomic E-state index is 12.6. The number of allylic oxidation sites excluding steroid dienone is 1. The highest BCUT2D eigenvalue weighted by atomic mass is 16.7. The smallest absolute Gasteiger partial charge is 0.171 e. The largest absolute Gasteiger partial charge is 0.385 e. The summed E-state index contributed by atoms with van der Waals surface area (Å²) < 4.78 is 27.1. The van der Waals surface area contributed by atoms with Gasteiger partial charge in [-0.2, -0.15) is 0 Å². The number of hydrogen-bond donors (Lipinski definition) is 2. The van der Waals surface area contributed by atoms with E-state index in [9.17, 15) is 10.2 Å². The predicted molar refractivity (Wildman–Crippen MR) is 194 cm³/mol. The summed E-state index contributed by atoms with van der Waals surface area (Å²) in [5, 5.41) is 25.2. The van der Waals surface area contributed by atoms with Crippen molar-refractivity contribution in [1.82, 2.24) is 4.57 Å². The van der Waals surface area contributed by atoms with E-state index < -0.39 is 17.0 Å². The van der Waals surface area contributed by atoms with Gasteiger partial charge in [-0.05, 0) is 119 Å². The molecular weight excluding hydrogens is 626 g/mol. The second-order valence-electron chi connectivity index (χ2n) is 17.8. The molecule has 2 saturated heterocycles. The summed E-state index contributed by atoms with van der Waals surface area (Å²) in [7, 11) is 0. The first-order valence-corrected chi connectivity index (χ1v) is 19.5. The minimum atomic E-state index is -0.940. The van der Waals surface area contributed by atoms with E-state index in [1.807, 2.05) is 6.08 Å². The lowest BCUT2D eigenvalue weighted by Crippen LogP contribution is -2.58. The molecule has 6 aliphatic rings. The first kappa shape index (κ1) is 34.8. The number of fused-ring (bicyclic) bond motifs is 4. The van der Waals surface area contributed by atoms with Crippen LogP contribution in [0.5, 0.6) is 0 Å². The summed E-state index contributed by atoms with van der Waals surface area (Å²) in [5.74, 6) is 0.0523. The van der Waals surface area contributed by atoms with Crippen molar-refractivity contribution >= 4 is 0 Å². The maximum absolute atomic E-state index is 12.6. The molecule has 2 aliphatic heterocycles. The number of ether oxygens (including phenoxy) is 4. The third-order valence-electron chi connectivity index (χ3n) is 13.8. The van der Waals surface area contributed by atoms with Crippen LogP contribution in [0.2, 0.25) is 0 Å². The Bertz CT molecular complexity index is 1600. The number of hydrogen-bond acceptors (Lipinski definition) is 6. The molecule has 2 N–H and O–H groups in total. The normalized spacial score (nSPS) is 37.9. The Kier molecular flexibility index (Phi) is 8.84. The molecule has 0 bridgehead atoms. The molecule has 0 amide bonds. The number of nitrogens with zero attached hydrogens (tertiary/aromatic N) is 1. The van der Waals surface area contributed by atoms with E-state index in [1.165, 1.54) is 33.8 Å². The average Bonchev–Trinajstić information content (AvgIpc) is 3.58. The van der Waals surface area contributed by atoms with Crippen molar-refractivity contribution in [2.24, 2.45) is 22.7 Å². The van der Waals surface area contributed by atoms with E-state index in [0.29, 0.717) is 44.5 Å². The molecule has 5 fully saturated rings. The van der Waals surface area contributed by atoms with Gasteiger partial charge in [-0.25, -0.2) is 0 Å². The van der Waals surface area contributed by atoms with Crippen LogP contribution in [0.3, 0.4) is 0 Å². The molecule has 3 saturated carbocycles. The zero-order valence-corrected chi connectivity index (χ0v) is 31.0. The van der Waals surface area contributed by atoms with Gasteiger partial charge in [-0.3, -0.25) is 0 Å². The molecule has 50 heavy (non-hydrogen) atoms. The monoisotopic (exact) mass is 685 g/mol. The molecule has 7 nitrogen and oxygen atoms in total. The van der Waals surface area contributed by atoms with Gasteiger partial charge in [-0.15, -0.1) is 0 Å². The quantitative estimate of drug-likeness (QED) is 0.299. The van der Waals surface area contributed by atoms with Gasteiger partial charge >= 0.3 is 0 Å². The minimum Gasteiger partial charge on any atom is -0.385 e. The molecule has 0 radical (unpaired) electrons. The van der Waals surface area contributed by atoms with Crippen molar-refractivity contribution in [2.45, 2.75) is 134 Å². The third-order valence-corrected chi connectivity index (χ3v) is 13.8. The number of aliphatic hydroxyl groups is 2. The van der Waals surface area contributed by atoms with Crippen molar-refractivity contribution in [3.8, 4) is 5.69 Å². The fraction of sp³-hybridized carbons (Fsp3) is 0.674. The number of aryl methyl sites for hydroxylation is 2. The van der Waals surface area contributed by atoms with Crippen LogP contribution >= 0.6 is 0 Å². The molecule has 2 aromatic rings. The lowest BCUT2D eigenvalue weighted by Gasteiger charge is -2.58. The van der Waals surface area contributed by atoms with Crippen LogP contribution in [0, 0.1) is 36.5 Å². The van der Waals surface area contributed by atoms with E-state index >= 15 is 0 Å². The summed E-state index contributed by atoms with van der Waals surface area (Å²) >= 11 is 0. The molecule has 1 spiro atoms. The van der Waals surface area contributed by atoms with Gasteiger partial charge in [0.25, 0.3) is 0 Å². The van der Waals surface area contributed by atoms with E-state index in [2.05, 4.69) is 81.7 Å². The minimum absolute atomic E-state index is 0.0173. The van der Waals surface area contributed by atoms with Crippen LogP contribution in [0.15, 0.2) is 59.7 Å². The third kappa shape index (κ3) is 5.88. The Morgan fingerprint density at radius 2 is 1.64 bits per heavy atom. The first-order valence-electron chi connectivity index (χ1n) is 19.5. The van der Waals surface area contributed by atoms with Crippen molar-refractivity contribution in [2.75, 3.05) is 26.4 Å². The lowest BCUT2D eigenvalue weighted by molar-refractivity contribution is -0.322. The Hall–Kier alpha value is -2.26. The van der Waals surface area contributed by atoms with Crippen LogP contribution in [-0.2, 0) is 18.9 Å². The second-order valence-corrected chi connectivity index (χ2v) is 17.8. The Morgan fingerprint density at radius 3 is 2.34 bits per heavy atom. The van der Waals surface area contributed by atoms with Gasteiger partial charge in [0, 0.05) is 53.3 Å². The van der Waals surface area contributed by atoms with Gasteiger partial charge in [-0.1, -0.05) is 50.6 Å². The highest BCUT2D eigenvalue weighted by molar-refractivity contribution is 5.47. The molecule has 3 heterocycles. The van der Waals surface area contributed by atoms with Crippen molar-refractivity contribution in [3.63, 3.8) is 0 Å². The number of benzene rings is 1. The van der Waals surface area contributed by atoms with Gasteiger partial charge in [0.1, 0.15) is 0 Å². The number of rotatable bonds is 6. The Labute approximate surface area is 299 Å². The van der Waals surface area contributed by atoms with Crippen LogP contribution in [0.4, 0.5) is 0 Å². The van der Waals surface area contributed by atoms with E-state index in [0.717, 1.165) is 64.4 Å². The standard InChI is InChI=1S/C43H59NO6/c1-29-10-11-30(2)44(29)32-14-12-31(13-15-32)34-25-40(5)35(17-21-42(40,46)19-8-24-48-37-9-6-7-23-47-37)33-16-20-41(45)26-43(22-18-36(41)38(33)34)49-27-39(3,4)28-50-43/h8,10-15,19,33-35,37,45-46H,6-7,9,16-18,20-28H2,1-5H3/b19-8-/t33-,34+,35-,37?,40-,41+,42-/m0/s1. The zero-order chi connectivity index (χ0) is 34.9. The summed E-state index contributed by atoms with van der Waals surface area (Å²) in [6.45, 7) is 13.5. The summed E-state index contributed by atoms with van der Waals surface area (Å²) in [6.07, 6.45) is 13.4. The summed E-state index contributed by atoms with van der Waals surface area (Å²) in [4.78, 5) is 0. The van der Waals surface area contributed by atoms with Gasteiger partial charge in [0.05, 0.1) is 31.0 Å². The van der Waals surface area contributed by atoms with E-state index in [-0.39, 0.29) is 23.0 Å². The summed E-state index contributed by atoms with van der Waals surface area (Å²) in [6, 6.07) is 13.5. The Morgan fingerprint density at radius 1 is 0.900 bits per heavy atom. The molecule has 7 heteroatoms. The second kappa shape index (κ2) is 12.7. The molecule has 8 rings (SSSR count). The number of aromatic nitrogens is 1. The first-order chi connectivity index (χ1) is 23.8. The van der Waals surface area contributed by atoms with Crippen LogP contribution in [0.25, 0.3) is 5.69 Å². The lowest BCUT2D eigenvalue weighted by atomic mass is 9.49. The maximum Gasteiger partial charge on any atom is 0.171 e. The molecule has 272 valence electrons. The summed E-state index contributed by atoms with van der Waals surface area (Å²) in [5.41, 5.74) is 5.36. The fourth-order valence-corrected chi connectivity index (χ4v) is 11.0. The predicted octanol–water partition coefficient (Wildman–Crippen LogP) is 8.22. The van der Waals surface area contributed by atoms with Gasteiger partial charge < -0.3 is 33.7 Å². The van der Waals surface area contributed by atoms with Crippen LogP contribution < -0.4 is 0 Å². The van der Waals surface area contributed by atoms with Crippen LogP contribution in [0.1, 0.15) is 114 Å². The van der Waals surface area contributed by atoms with Crippen molar-refractivity contribution < 1.29 is 29.2 Å². The van der Waals surface area contributed by atoms with Crippen LogP contribution in [-0.4, -0.2) is 64.5 Å². The molecule has 1 aromatic carbocycles. The van der Waals surface area contributed by atoms with Crippen molar-refractivity contribution in [1.29, 1.82) is 0 Å². The van der Waals surface area contributed by atoms with Crippen molar-refractivity contribution in [3.05, 3.63) is 76.6 Å².